The predicted molar refractivity (Wildman–Crippen MR) is 58.7 cm³/mol. The molecule has 3 unspecified atom stereocenters. The summed E-state index contributed by atoms with van der Waals surface area (Å²) < 4.78 is 5.93. The Morgan fingerprint density at radius 2 is 2.46 bits per heavy atom. The highest BCUT2D eigenvalue weighted by atomic mass is 35.5. The van der Waals surface area contributed by atoms with Gasteiger partial charge in [-0.25, -0.2) is 0 Å². The summed E-state index contributed by atoms with van der Waals surface area (Å²) in [5, 5.41) is 0.311. The van der Waals surface area contributed by atoms with Gasteiger partial charge in [-0.15, -0.1) is 11.6 Å². The van der Waals surface area contributed by atoms with Crippen LogP contribution in [0.2, 0.25) is 0 Å². The molecule has 0 aromatic heterocycles. The Balaban J connectivity index is 1.98. The Morgan fingerprint density at radius 3 is 3.08 bits per heavy atom. The second kappa shape index (κ2) is 4.00. The minimum atomic E-state index is 0.205. The number of hydrogen-bond acceptors (Lipinski definition) is 2. The van der Waals surface area contributed by atoms with Crippen molar-refractivity contribution >= 4 is 23.4 Å². The summed E-state index contributed by atoms with van der Waals surface area (Å²) in [4.78, 5) is 0. The molecule has 3 heteroatoms. The van der Waals surface area contributed by atoms with Crippen molar-refractivity contribution < 1.29 is 4.74 Å². The highest BCUT2D eigenvalue weighted by Crippen LogP contribution is 2.41. The lowest BCUT2D eigenvalue weighted by Crippen LogP contribution is -2.41. The lowest BCUT2D eigenvalue weighted by Gasteiger charge is -2.38. The van der Waals surface area contributed by atoms with Crippen molar-refractivity contribution in [2.24, 2.45) is 5.92 Å². The second-order valence-corrected chi connectivity index (χ2v) is 6.06. The molecule has 2 heterocycles. The van der Waals surface area contributed by atoms with Gasteiger partial charge in [0.1, 0.15) is 0 Å². The number of thioether (sulfide) groups is 1. The molecule has 1 spiro atoms. The van der Waals surface area contributed by atoms with Crippen molar-refractivity contribution in [3.63, 3.8) is 0 Å². The number of rotatable bonds is 1. The van der Waals surface area contributed by atoms with Crippen LogP contribution >= 0.6 is 23.4 Å². The Kier molecular flexibility index (Phi) is 3.11. The Bertz CT molecular complexity index is 178. The Labute approximate surface area is 89.6 Å². The first-order valence-corrected chi connectivity index (χ1v) is 6.67. The first kappa shape index (κ1) is 10.1. The molecule has 2 fully saturated rings. The van der Waals surface area contributed by atoms with Crippen LogP contribution in [0.3, 0.4) is 0 Å². The van der Waals surface area contributed by atoms with Gasteiger partial charge in [-0.3, -0.25) is 0 Å². The number of ether oxygens (including phenoxy) is 1. The van der Waals surface area contributed by atoms with Gasteiger partial charge in [0.25, 0.3) is 0 Å². The molecule has 0 N–H and O–H groups in total. The summed E-state index contributed by atoms with van der Waals surface area (Å²) in [6.45, 7) is 3.04. The smallest absolute Gasteiger partial charge is 0.0783 e. The third-order valence-corrected chi connectivity index (χ3v) is 4.83. The first-order chi connectivity index (χ1) is 6.22. The van der Waals surface area contributed by atoms with E-state index in [9.17, 15) is 0 Å². The fraction of sp³-hybridized carbons (Fsp3) is 1.00. The predicted octanol–water partition coefficient (Wildman–Crippen LogP) is 2.92. The maximum Gasteiger partial charge on any atom is 0.0783 e. The van der Waals surface area contributed by atoms with Crippen LogP contribution in [0.15, 0.2) is 0 Å². The fourth-order valence-electron chi connectivity index (χ4n) is 2.32. The van der Waals surface area contributed by atoms with Crippen LogP contribution < -0.4 is 0 Å². The molecule has 2 rings (SSSR count). The topological polar surface area (TPSA) is 9.23 Å². The largest absolute Gasteiger partial charge is 0.374 e. The molecule has 13 heavy (non-hydrogen) atoms. The minimum Gasteiger partial charge on any atom is -0.374 e. The third-order valence-electron chi connectivity index (χ3n) is 3.25. The SMILES string of the molecule is CC(Cl)C1CCOC2(CCSC2)C1. The van der Waals surface area contributed by atoms with Gasteiger partial charge in [0.2, 0.25) is 0 Å². The average molecular weight is 221 g/mol. The van der Waals surface area contributed by atoms with Crippen LogP contribution in [-0.4, -0.2) is 29.1 Å². The van der Waals surface area contributed by atoms with Crippen molar-refractivity contribution in [1.82, 2.24) is 0 Å². The summed E-state index contributed by atoms with van der Waals surface area (Å²) in [6.07, 6.45) is 3.57. The number of alkyl halides is 1. The van der Waals surface area contributed by atoms with Crippen molar-refractivity contribution in [1.29, 1.82) is 0 Å². The van der Waals surface area contributed by atoms with E-state index in [2.05, 4.69) is 6.92 Å². The molecule has 2 saturated heterocycles. The van der Waals surface area contributed by atoms with Gasteiger partial charge < -0.3 is 4.74 Å². The summed E-state index contributed by atoms with van der Waals surface area (Å²) in [5.74, 6) is 3.13. The van der Waals surface area contributed by atoms with Crippen LogP contribution in [0, 0.1) is 5.92 Å². The van der Waals surface area contributed by atoms with E-state index in [0.29, 0.717) is 11.3 Å². The maximum absolute atomic E-state index is 6.16. The van der Waals surface area contributed by atoms with Gasteiger partial charge >= 0.3 is 0 Å². The van der Waals surface area contributed by atoms with E-state index < -0.39 is 0 Å². The normalized spacial score (nSPS) is 42.5. The molecule has 1 nitrogen and oxygen atoms in total. The van der Waals surface area contributed by atoms with Crippen LogP contribution in [0.1, 0.15) is 26.2 Å². The van der Waals surface area contributed by atoms with Crippen LogP contribution in [-0.2, 0) is 4.74 Å². The lowest BCUT2D eigenvalue weighted by atomic mass is 9.84. The van der Waals surface area contributed by atoms with E-state index in [1.54, 1.807) is 0 Å². The van der Waals surface area contributed by atoms with Gasteiger partial charge in [0, 0.05) is 17.7 Å². The van der Waals surface area contributed by atoms with Gasteiger partial charge in [-0.2, -0.15) is 11.8 Å². The van der Waals surface area contributed by atoms with Crippen molar-refractivity contribution in [2.45, 2.75) is 37.2 Å². The highest BCUT2D eigenvalue weighted by Gasteiger charge is 2.41. The van der Waals surface area contributed by atoms with Gasteiger partial charge in [0.15, 0.2) is 0 Å². The molecule has 0 saturated carbocycles. The van der Waals surface area contributed by atoms with Gasteiger partial charge in [-0.1, -0.05) is 0 Å². The monoisotopic (exact) mass is 220 g/mol. The van der Waals surface area contributed by atoms with Crippen molar-refractivity contribution in [3.05, 3.63) is 0 Å². The van der Waals surface area contributed by atoms with E-state index >= 15 is 0 Å². The van der Waals surface area contributed by atoms with E-state index in [-0.39, 0.29) is 5.60 Å². The van der Waals surface area contributed by atoms with Crippen LogP contribution in [0.25, 0.3) is 0 Å². The summed E-state index contributed by atoms with van der Waals surface area (Å²) in [7, 11) is 0. The van der Waals surface area contributed by atoms with Crippen molar-refractivity contribution in [3.8, 4) is 0 Å². The quantitative estimate of drug-likeness (QED) is 0.629. The molecule has 76 valence electrons. The molecule has 3 atom stereocenters. The third kappa shape index (κ3) is 2.16. The number of halogens is 1. The zero-order chi connectivity index (χ0) is 9.31. The standard InChI is InChI=1S/C10H17ClOS/c1-8(11)9-2-4-12-10(6-9)3-5-13-7-10/h8-9H,2-7H2,1H3. The Morgan fingerprint density at radius 1 is 1.62 bits per heavy atom. The molecule has 0 amide bonds. The molecular weight excluding hydrogens is 204 g/mol. The first-order valence-electron chi connectivity index (χ1n) is 5.08. The summed E-state index contributed by atoms with van der Waals surface area (Å²) in [6, 6.07) is 0. The Hall–Kier alpha value is 0.600. The molecule has 0 bridgehead atoms. The summed E-state index contributed by atoms with van der Waals surface area (Å²) in [5.41, 5.74) is 0.205. The molecule has 0 radical (unpaired) electrons. The highest BCUT2D eigenvalue weighted by molar-refractivity contribution is 7.99. The second-order valence-electron chi connectivity index (χ2n) is 4.26. The lowest BCUT2D eigenvalue weighted by molar-refractivity contribution is -0.0791. The minimum absolute atomic E-state index is 0.205. The maximum atomic E-state index is 6.16. The average Bonchev–Trinajstić information content (AvgIpc) is 2.53. The molecule has 0 aromatic rings. The molecular formula is C10H17ClOS. The van der Waals surface area contributed by atoms with Gasteiger partial charge in [0.05, 0.1) is 5.60 Å². The zero-order valence-electron chi connectivity index (χ0n) is 8.09. The molecule has 0 aromatic carbocycles. The van der Waals surface area contributed by atoms with Crippen LogP contribution in [0.5, 0.6) is 0 Å². The van der Waals surface area contributed by atoms with Gasteiger partial charge in [-0.05, 0) is 37.9 Å². The molecule has 0 aliphatic carbocycles. The van der Waals surface area contributed by atoms with E-state index in [1.165, 1.54) is 24.3 Å². The van der Waals surface area contributed by atoms with E-state index in [0.717, 1.165) is 13.0 Å². The number of hydrogen-bond donors (Lipinski definition) is 0. The van der Waals surface area contributed by atoms with E-state index in [1.807, 2.05) is 11.8 Å². The van der Waals surface area contributed by atoms with E-state index in [4.69, 9.17) is 16.3 Å². The molecule has 2 aliphatic rings. The zero-order valence-corrected chi connectivity index (χ0v) is 9.66. The summed E-state index contributed by atoms with van der Waals surface area (Å²) >= 11 is 8.18. The molecule has 2 aliphatic heterocycles. The fourth-order valence-corrected chi connectivity index (χ4v) is 3.91. The van der Waals surface area contributed by atoms with Crippen LogP contribution in [0.4, 0.5) is 0 Å². The van der Waals surface area contributed by atoms with Crippen molar-refractivity contribution in [2.75, 3.05) is 18.1 Å².